The summed E-state index contributed by atoms with van der Waals surface area (Å²) in [6.07, 6.45) is 0.468. The lowest BCUT2D eigenvalue weighted by atomic mass is 10.00. The Balaban J connectivity index is 2.35. The maximum Gasteiger partial charge on any atom is 0.245 e. The number of phenolic OH excluding ortho intramolecular Hbond substituents is 1. The van der Waals surface area contributed by atoms with Crippen LogP contribution in [-0.4, -0.2) is 126 Å². The minimum Gasteiger partial charge on any atom is -0.508 e. The number of primary amides is 1. The quantitative estimate of drug-likeness (QED) is 0.0227. The number of nitrogens with zero attached hydrogens (tertiary/aromatic N) is 1. The van der Waals surface area contributed by atoms with Gasteiger partial charge >= 0.3 is 0 Å². The van der Waals surface area contributed by atoms with Crippen LogP contribution in [0.25, 0.3) is 0 Å². The van der Waals surface area contributed by atoms with Crippen LogP contribution in [0.1, 0.15) is 64.5 Å². The fraction of sp³-hybridized carbons (Fsp3) is 0.512. The van der Waals surface area contributed by atoms with Gasteiger partial charge in [0.2, 0.25) is 47.3 Å². The molecule has 2 aromatic rings. The number of benzene rings is 2. The second-order valence-corrected chi connectivity index (χ2v) is 16.3. The Hall–Kier alpha value is -6.81. The summed E-state index contributed by atoms with van der Waals surface area (Å²) in [5, 5.41) is 38.0. The number of aromatic hydroxyl groups is 1. The Morgan fingerprint density at radius 2 is 1.06 bits per heavy atom. The molecule has 0 aliphatic heterocycles. The van der Waals surface area contributed by atoms with Gasteiger partial charge in [-0.3, -0.25) is 43.3 Å². The van der Waals surface area contributed by atoms with Gasteiger partial charge < -0.3 is 70.4 Å². The first kappa shape index (κ1) is 54.3. The zero-order valence-electron chi connectivity index (χ0n) is 37.3. The van der Waals surface area contributed by atoms with E-state index in [1.54, 1.807) is 44.2 Å². The standard InChI is InChI=1S/C43H66N12O10/c1-24(2)17-30(37(45)60)51-36(59)22-49-38(61)32(19-26-9-6-5-7-10-26)53-42(65)34(23-56)55-41(64)33(20-27-12-14-28(57)15-13-27)54-40(63)31(18-25(3)4)52-39(62)29(50-35(58)21-44)11-8-16-48-43(46)47/h5-7,9-10,12-15,24-25,29-34,56-57H,8,11,16-23,44H2,1-4H3,(H2,45,60)(H,49,61)(H,50,58)(H,51,59)(H,52,62)(H,53,65)(H,54,63)(H,55,64)(H4,46,47,48)/t29-,30-,31-,32-,33-,34-/m0/s1. The number of aliphatic hydroxyl groups excluding tert-OH is 1. The van der Waals surface area contributed by atoms with Gasteiger partial charge in [-0.05, 0) is 60.8 Å². The maximum absolute atomic E-state index is 14.0. The number of nitrogens with one attached hydrogen (secondary N) is 7. The van der Waals surface area contributed by atoms with Crippen LogP contribution < -0.4 is 60.2 Å². The van der Waals surface area contributed by atoms with E-state index in [0.717, 1.165) is 0 Å². The molecule has 0 saturated heterocycles. The number of nitrogens with two attached hydrogens (primary N) is 4. The van der Waals surface area contributed by atoms with Crippen LogP contribution in [0.2, 0.25) is 0 Å². The largest absolute Gasteiger partial charge is 0.508 e. The van der Waals surface area contributed by atoms with E-state index in [9.17, 15) is 48.6 Å². The molecule has 0 unspecified atom stereocenters. The van der Waals surface area contributed by atoms with Gasteiger partial charge in [-0.25, -0.2) is 0 Å². The van der Waals surface area contributed by atoms with E-state index < -0.39 is 103 Å². The van der Waals surface area contributed by atoms with Gasteiger partial charge in [0.05, 0.1) is 19.7 Å². The fourth-order valence-corrected chi connectivity index (χ4v) is 6.40. The van der Waals surface area contributed by atoms with Crippen molar-refractivity contribution in [2.45, 2.75) is 102 Å². The highest BCUT2D eigenvalue weighted by Crippen LogP contribution is 2.14. The summed E-state index contributed by atoms with van der Waals surface area (Å²) in [5.74, 6) is -6.68. The molecule has 2 rings (SSSR count). The molecule has 0 saturated carbocycles. The van der Waals surface area contributed by atoms with Crippen molar-refractivity contribution < 1.29 is 48.6 Å². The van der Waals surface area contributed by atoms with Gasteiger partial charge in [-0.15, -0.1) is 0 Å². The molecule has 22 heteroatoms. The Labute approximate surface area is 378 Å². The Morgan fingerprint density at radius 1 is 0.585 bits per heavy atom. The van der Waals surface area contributed by atoms with E-state index in [1.807, 2.05) is 13.8 Å². The average molecular weight is 911 g/mol. The number of hydrogen-bond donors (Lipinski definition) is 13. The van der Waals surface area contributed by atoms with Crippen LogP contribution in [0, 0.1) is 11.8 Å². The van der Waals surface area contributed by atoms with E-state index in [1.165, 1.54) is 24.3 Å². The Kier molecular flexibility index (Phi) is 23.5. The zero-order valence-corrected chi connectivity index (χ0v) is 37.3. The molecule has 17 N–H and O–H groups in total. The van der Waals surface area contributed by atoms with Gasteiger partial charge in [0.15, 0.2) is 5.96 Å². The maximum atomic E-state index is 14.0. The highest BCUT2D eigenvalue weighted by atomic mass is 16.3. The van der Waals surface area contributed by atoms with Crippen molar-refractivity contribution in [2.24, 2.45) is 39.8 Å². The first-order valence-corrected chi connectivity index (χ1v) is 21.3. The molecule has 6 atom stereocenters. The molecule has 0 heterocycles. The molecule has 0 bridgehead atoms. The number of phenols is 1. The highest BCUT2D eigenvalue weighted by molar-refractivity contribution is 5.97. The van der Waals surface area contributed by atoms with Crippen LogP contribution in [0.4, 0.5) is 0 Å². The summed E-state index contributed by atoms with van der Waals surface area (Å²) < 4.78 is 0. The van der Waals surface area contributed by atoms with Crippen LogP contribution in [0.5, 0.6) is 5.75 Å². The van der Waals surface area contributed by atoms with Gasteiger partial charge in [0.1, 0.15) is 42.0 Å². The number of guanidine groups is 1. The minimum absolute atomic E-state index is 0.0261. The van der Waals surface area contributed by atoms with Gasteiger partial charge in [-0.2, -0.15) is 0 Å². The summed E-state index contributed by atoms with van der Waals surface area (Å²) in [7, 11) is 0. The molecule has 8 amide bonds. The lowest BCUT2D eigenvalue weighted by Crippen LogP contribution is -2.60. The molecular weight excluding hydrogens is 845 g/mol. The highest BCUT2D eigenvalue weighted by Gasteiger charge is 2.33. The van der Waals surface area contributed by atoms with Crippen molar-refractivity contribution in [3.63, 3.8) is 0 Å². The SMILES string of the molecule is CC(C)C[C@H](NC(=O)CNC(=O)[C@H](Cc1ccccc1)NC(=O)[C@H](CO)NC(=O)[C@H](Cc1ccc(O)cc1)NC(=O)[C@H](CC(C)C)NC(=O)[C@H](CCCN=C(N)N)NC(=O)CN)C(N)=O. The Bertz CT molecular complexity index is 1930. The van der Waals surface area contributed by atoms with Crippen molar-refractivity contribution in [3.8, 4) is 5.75 Å². The lowest BCUT2D eigenvalue weighted by Gasteiger charge is -2.27. The third-order valence-corrected chi connectivity index (χ3v) is 9.67. The Morgan fingerprint density at radius 3 is 1.60 bits per heavy atom. The van der Waals surface area contributed by atoms with E-state index in [2.05, 4.69) is 42.2 Å². The monoisotopic (exact) mass is 911 g/mol. The molecule has 0 aliphatic carbocycles. The average Bonchev–Trinajstić information content (AvgIpc) is 3.25. The molecule has 0 fully saturated rings. The molecule has 2 aromatic carbocycles. The van der Waals surface area contributed by atoms with Crippen molar-refractivity contribution >= 4 is 53.2 Å². The van der Waals surface area contributed by atoms with E-state index in [0.29, 0.717) is 11.1 Å². The van der Waals surface area contributed by atoms with E-state index in [4.69, 9.17) is 22.9 Å². The molecule has 65 heavy (non-hydrogen) atoms. The molecule has 0 aliphatic rings. The number of aliphatic imine (C=N–C) groups is 1. The van der Waals surface area contributed by atoms with Crippen molar-refractivity contribution in [1.29, 1.82) is 0 Å². The molecule has 0 aromatic heterocycles. The zero-order chi connectivity index (χ0) is 48.6. The second kappa shape index (κ2) is 28.1. The molecule has 0 radical (unpaired) electrons. The number of carbonyl (C=O) groups is 8. The van der Waals surface area contributed by atoms with Crippen molar-refractivity contribution in [3.05, 3.63) is 65.7 Å². The van der Waals surface area contributed by atoms with Crippen LogP contribution in [0.3, 0.4) is 0 Å². The topological polar surface area (TPSA) is 378 Å². The van der Waals surface area contributed by atoms with E-state index >= 15 is 0 Å². The summed E-state index contributed by atoms with van der Waals surface area (Å²) >= 11 is 0. The number of rotatable bonds is 28. The number of carbonyl (C=O) groups excluding carboxylic acids is 8. The predicted octanol–water partition coefficient (Wildman–Crippen LogP) is -3.22. The van der Waals surface area contributed by atoms with E-state index in [-0.39, 0.29) is 68.6 Å². The third-order valence-electron chi connectivity index (χ3n) is 9.67. The van der Waals surface area contributed by atoms with Crippen LogP contribution in [0.15, 0.2) is 59.6 Å². The number of amides is 8. The van der Waals surface area contributed by atoms with Crippen LogP contribution in [-0.2, 0) is 51.2 Å². The second-order valence-electron chi connectivity index (χ2n) is 16.3. The van der Waals surface area contributed by atoms with Gasteiger partial charge in [0.25, 0.3) is 0 Å². The normalized spacial score (nSPS) is 13.7. The fourth-order valence-electron chi connectivity index (χ4n) is 6.40. The summed E-state index contributed by atoms with van der Waals surface area (Å²) in [4.78, 5) is 110. The third kappa shape index (κ3) is 20.9. The minimum atomic E-state index is -1.67. The van der Waals surface area contributed by atoms with Crippen molar-refractivity contribution in [1.82, 2.24) is 37.2 Å². The van der Waals surface area contributed by atoms with Crippen LogP contribution >= 0.6 is 0 Å². The van der Waals surface area contributed by atoms with Gasteiger partial charge in [0, 0.05) is 19.4 Å². The summed E-state index contributed by atoms with van der Waals surface area (Å²) in [6.45, 7) is 5.51. The number of hydrogen-bond acceptors (Lipinski definition) is 12. The summed E-state index contributed by atoms with van der Waals surface area (Å²) in [5.41, 5.74) is 22.8. The first-order chi connectivity index (χ1) is 30.7. The first-order valence-electron chi connectivity index (χ1n) is 21.3. The van der Waals surface area contributed by atoms with Crippen molar-refractivity contribution in [2.75, 3.05) is 26.2 Å². The molecule has 358 valence electrons. The summed E-state index contributed by atoms with van der Waals surface area (Å²) in [6, 6.07) is 6.54. The predicted molar refractivity (Wildman–Crippen MR) is 241 cm³/mol. The molecule has 0 spiro atoms. The molecule has 22 nitrogen and oxygen atoms in total. The smallest absolute Gasteiger partial charge is 0.245 e. The lowest BCUT2D eigenvalue weighted by molar-refractivity contribution is -0.136. The molecular formula is C43H66N12O10. The number of aliphatic hydroxyl groups is 1. The van der Waals surface area contributed by atoms with Gasteiger partial charge in [-0.1, -0.05) is 70.2 Å².